The van der Waals surface area contributed by atoms with Gasteiger partial charge < -0.3 is 10.2 Å². The minimum absolute atomic E-state index is 0.0820. The molecule has 3 nitrogen and oxygen atoms in total. The van der Waals surface area contributed by atoms with Gasteiger partial charge >= 0.3 is 0 Å². The van der Waals surface area contributed by atoms with Crippen molar-refractivity contribution in [3.63, 3.8) is 0 Å². The molecule has 2 N–H and O–H groups in total. The third-order valence-corrected chi connectivity index (χ3v) is 8.48. The lowest BCUT2D eigenvalue weighted by Gasteiger charge is -2.64. The molecule has 0 aromatic heterocycles. The summed E-state index contributed by atoms with van der Waals surface area (Å²) in [6.45, 7) is 9.27. The molecule has 0 aliphatic heterocycles. The molecule has 0 aromatic rings. The highest BCUT2D eigenvalue weighted by Crippen LogP contribution is 2.67. The number of aliphatic hydroxyl groups is 2. The molecule has 0 spiro atoms. The van der Waals surface area contributed by atoms with Crippen molar-refractivity contribution in [2.75, 3.05) is 6.61 Å². The Hall–Kier alpha value is -0.670. The maximum atomic E-state index is 11.4. The highest BCUT2D eigenvalue weighted by molar-refractivity contribution is 5.73. The molecule has 3 aliphatic carbocycles. The predicted molar refractivity (Wildman–Crippen MR) is 95.4 cm³/mol. The highest BCUT2D eigenvalue weighted by atomic mass is 16.3. The van der Waals surface area contributed by atoms with Crippen LogP contribution in [0.25, 0.3) is 0 Å². The number of rotatable bonds is 2. The summed E-state index contributed by atoms with van der Waals surface area (Å²) in [5.74, 6) is 1.17. The van der Waals surface area contributed by atoms with Crippen LogP contribution in [0.15, 0.2) is 11.6 Å². The van der Waals surface area contributed by atoms with E-state index in [2.05, 4.69) is 33.8 Å². The van der Waals surface area contributed by atoms with E-state index in [0.29, 0.717) is 17.8 Å². The Morgan fingerprint density at radius 2 is 1.92 bits per heavy atom. The lowest BCUT2D eigenvalue weighted by molar-refractivity contribution is -0.191. The summed E-state index contributed by atoms with van der Waals surface area (Å²) >= 11 is 0. The molecule has 2 saturated carbocycles. The van der Waals surface area contributed by atoms with Gasteiger partial charge in [-0.1, -0.05) is 33.8 Å². The first-order valence-corrected chi connectivity index (χ1v) is 9.65. The zero-order valence-corrected chi connectivity index (χ0v) is 15.7. The summed E-state index contributed by atoms with van der Waals surface area (Å²) in [5.41, 5.74) is 0.846. The van der Waals surface area contributed by atoms with Gasteiger partial charge in [0.05, 0.1) is 6.10 Å². The molecule has 6 atom stereocenters. The first-order chi connectivity index (χ1) is 11.2. The monoisotopic (exact) mass is 334 g/mol. The van der Waals surface area contributed by atoms with Crippen molar-refractivity contribution in [3.8, 4) is 0 Å². The maximum absolute atomic E-state index is 11.4. The van der Waals surface area contributed by atoms with Crippen LogP contribution in [0.2, 0.25) is 0 Å². The molecule has 0 bridgehead atoms. The number of aliphatic hydroxyl groups excluding tert-OH is 2. The zero-order chi connectivity index (χ0) is 17.8. The second kappa shape index (κ2) is 5.95. The van der Waals surface area contributed by atoms with Crippen LogP contribution in [0.4, 0.5) is 0 Å². The second-order valence-electron chi connectivity index (χ2n) is 9.65. The molecule has 0 saturated heterocycles. The fourth-order valence-corrected chi connectivity index (χ4v) is 6.88. The Balaban J connectivity index is 2.07. The molecule has 3 rings (SSSR count). The van der Waals surface area contributed by atoms with Crippen molar-refractivity contribution < 1.29 is 15.0 Å². The van der Waals surface area contributed by atoms with Crippen LogP contribution in [0.5, 0.6) is 0 Å². The largest absolute Gasteiger partial charge is 0.396 e. The van der Waals surface area contributed by atoms with Gasteiger partial charge in [-0.3, -0.25) is 4.79 Å². The molecule has 3 heteroatoms. The van der Waals surface area contributed by atoms with Gasteiger partial charge in [0, 0.05) is 6.61 Å². The summed E-state index contributed by atoms with van der Waals surface area (Å²) in [6, 6.07) is 0. The van der Waals surface area contributed by atoms with Crippen molar-refractivity contribution in [3.05, 3.63) is 11.6 Å². The molecular formula is C21H34O3. The van der Waals surface area contributed by atoms with E-state index in [1.807, 2.05) is 0 Å². The maximum Gasteiger partial charge on any atom is 0.145 e. The van der Waals surface area contributed by atoms with Gasteiger partial charge in [0.1, 0.15) is 6.29 Å². The number of fused-ring (bicyclic) bond motifs is 3. The molecule has 0 heterocycles. The predicted octanol–water partition coefficient (Wildman–Crippen LogP) is 3.73. The van der Waals surface area contributed by atoms with Crippen LogP contribution in [-0.4, -0.2) is 29.2 Å². The third kappa shape index (κ3) is 2.34. The standard InChI is InChI=1S/C21H34O3/c1-14-11-15(12-22)5-6-17-20(4)9-8-18(24)19(2,3)16(20)7-10-21(14,17)13-23/h5,12,14,16-18,23-24H,6-11,13H2,1-4H3. The Bertz CT molecular complexity index is 537. The molecule has 2 fully saturated rings. The number of aldehydes is 1. The van der Waals surface area contributed by atoms with Crippen LogP contribution in [0, 0.1) is 34.0 Å². The Labute approximate surface area is 146 Å². The van der Waals surface area contributed by atoms with E-state index >= 15 is 0 Å². The fourth-order valence-electron chi connectivity index (χ4n) is 6.88. The second-order valence-corrected chi connectivity index (χ2v) is 9.65. The topological polar surface area (TPSA) is 57.5 Å². The average molecular weight is 335 g/mol. The van der Waals surface area contributed by atoms with Gasteiger partial charge in [-0.25, -0.2) is 0 Å². The van der Waals surface area contributed by atoms with E-state index in [4.69, 9.17) is 0 Å². The molecular weight excluding hydrogens is 300 g/mol. The van der Waals surface area contributed by atoms with Gasteiger partial charge in [-0.2, -0.15) is 0 Å². The summed E-state index contributed by atoms with van der Waals surface area (Å²) in [5, 5.41) is 21.0. The van der Waals surface area contributed by atoms with E-state index in [-0.39, 0.29) is 29.0 Å². The van der Waals surface area contributed by atoms with E-state index in [1.54, 1.807) is 0 Å². The van der Waals surface area contributed by atoms with Crippen molar-refractivity contribution in [2.24, 2.45) is 34.0 Å². The normalized spacial score (nSPS) is 47.8. The highest BCUT2D eigenvalue weighted by Gasteiger charge is 2.62. The van der Waals surface area contributed by atoms with Crippen LogP contribution in [0.3, 0.4) is 0 Å². The molecule has 136 valence electrons. The van der Waals surface area contributed by atoms with Crippen molar-refractivity contribution in [2.45, 2.75) is 72.3 Å². The summed E-state index contributed by atoms with van der Waals surface area (Å²) < 4.78 is 0. The Morgan fingerprint density at radius 3 is 2.54 bits per heavy atom. The number of carbonyl (C=O) groups is 1. The van der Waals surface area contributed by atoms with E-state index in [0.717, 1.165) is 50.4 Å². The number of allylic oxidation sites excluding steroid dienone is 2. The quantitative estimate of drug-likeness (QED) is 0.757. The van der Waals surface area contributed by atoms with Gasteiger partial charge in [-0.05, 0) is 78.1 Å². The minimum atomic E-state index is -0.235. The van der Waals surface area contributed by atoms with Crippen molar-refractivity contribution in [1.29, 1.82) is 0 Å². The summed E-state index contributed by atoms with van der Waals surface area (Å²) in [6.07, 6.45) is 8.52. The average Bonchev–Trinajstić information content (AvgIpc) is 2.69. The van der Waals surface area contributed by atoms with E-state index in [9.17, 15) is 15.0 Å². The van der Waals surface area contributed by atoms with Crippen LogP contribution >= 0.6 is 0 Å². The first-order valence-electron chi connectivity index (χ1n) is 9.65. The fraction of sp³-hybridized carbons (Fsp3) is 0.857. The van der Waals surface area contributed by atoms with Crippen LogP contribution < -0.4 is 0 Å². The molecule has 0 aromatic carbocycles. The molecule has 24 heavy (non-hydrogen) atoms. The zero-order valence-electron chi connectivity index (χ0n) is 15.7. The number of carbonyl (C=O) groups excluding carboxylic acids is 1. The van der Waals surface area contributed by atoms with E-state index in [1.165, 1.54) is 0 Å². The lowest BCUT2D eigenvalue weighted by Crippen LogP contribution is -2.60. The Kier molecular flexibility index (Phi) is 4.49. The third-order valence-electron chi connectivity index (χ3n) is 8.48. The summed E-state index contributed by atoms with van der Waals surface area (Å²) in [7, 11) is 0. The van der Waals surface area contributed by atoms with Crippen molar-refractivity contribution in [1.82, 2.24) is 0 Å². The minimum Gasteiger partial charge on any atom is -0.396 e. The van der Waals surface area contributed by atoms with Crippen LogP contribution in [0.1, 0.15) is 66.2 Å². The molecule has 3 aliphatic rings. The van der Waals surface area contributed by atoms with Crippen molar-refractivity contribution >= 4 is 6.29 Å². The van der Waals surface area contributed by atoms with Gasteiger partial charge in [-0.15, -0.1) is 0 Å². The lowest BCUT2D eigenvalue weighted by atomic mass is 9.41. The number of hydrogen-bond donors (Lipinski definition) is 2. The van der Waals surface area contributed by atoms with Gasteiger partial charge in [0.25, 0.3) is 0 Å². The molecule has 6 unspecified atom stereocenters. The Morgan fingerprint density at radius 1 is 1.21 bits per heavy atom. The smallest absolute Gasteiger partial charge is 0.145 e. The first kappa shape index (κ1) is 18.1. The summed E-state index contributed by atoms with van der Waals surface area (Å²) in [4.78, 5) is 11.4. The van der Waals surface area contributed by atoms with Gasteiger partial charge in [0.15, 0.2) is 0 Å². The van der Waals surface area contributed by atoms with E-state index < -0.39 is 0 Å². The molecule has 0 amide bonds. The SMILES string of the molecule is CC1CC(C=O)=CCC2C3(C)CCC(O)C(C)(C)C3CCC12CO. The van der Waals surface area contributed by atoms with Crippen LogP contribution in [-0.2, 0) is 4.79 Å². The molecule has 0 radical (unpaired) electrons. The number of hydrogen-bond acceptors (Lipinski definition) is 3. The van der Waals surface area contributed by atoms with Gasteiger partial charge in [0.2, 0.25) is 0 Å².